The molecule has 0 aliphatic heterocycles. The normalized spacial score (nSPS) is 10.3. The molecule has 0 nitrogen and oxygen atoms in total. The summed E-state index contributed by atoms with van der Waals surface area (Å²) in [4.78, 5) is 0. The predicted molar refractivity (Wildman–Crippen MR) is 64.4 cm³/mol. The fraction of sp³-hybridized carbons (Fsp3) is 0.0769. The van der Waals surface area contributed by atoms with Crippen LogP contribution in [0.5, 0.6) is 0 Å². The van der Waals surface area contributed by atoms with Crippen molar-refractivity contribution in [3.05, 3.63) is 58.6 Å². The van der Waals surface area contributed by atoms with Crippen molar-refractivity contribution >= 4 is 15.9 Å². The van der Waals surface area contributed by atoms with Gasteiger partial charge in [-0.05, 0) is 34.9 Å². The minimum absolute atomic E-state index is 0.412. The zero-order valence-corrected chi connectivity index (χ0v) is 9.67. The van der Waals surface area contributed by atoms with E-state index < -0.39 is 6.67 Å². The molecule has 0 aromatic heterocycles. The second kappa shape index (κ2) is 4.58. The summed E-state index contributed by atoms with van der Waals surface area (Å²) in [5.41, 5.74) is 2.88. The quantitative estimate of drug-likeness (QED) is 0.745. The highest BCUT2D eigenvalue weighted by Crippen LogP contribution is 2.22. The molecule has 0 saturated heterocycles. The van der Waals surface area contributed by atoms with E-state index in [0.717, 1.165) is 21.2 Å². The van der Waals surface area contributed by atoms with Gasteiger partial charge in [-0.2, -0.15) is 0 Å². The average molecular weight is 265 g/mol. The molecule has 2 aromatic carbocycles. The third-order valence-corrected chi connectivity index (χ3v) is 2.79. The molecule has 0 radical (unpaired) electrons. The summed E-state index contributed by atoms with van der Waals surface area (Å²) < 4.78 is 13.5. The Bertz CT molecular complexity index is 448. The lowest BCUT2D eigenvalue weighted by Gasteiger charge is -2.03. The zero-order chi connectivity index (χ0) is 10.7. The molecule has 0 bridgehead atoms. The van der Waals surface area contributed by atoms with Gasteiger partial charge in [0, 0.05) is 4.47 Å². The van der Waals surface area contributed by atoms with E-state index in [9.17, 15) is 4.39 Å². The summed E-state index contributed by atoms with van der Waals surface area (Å²) in [5, 5.41) is 0. The monoisotopic (exact) mass is 264 g/mol. The van der Waals surface area contributed by atoms with Gasteiger partial charge in [0.25, 0.3) is 0 Å². The number of hydrogen-bond donors (Lipinski definition) is 0. The molecular formula is C13H10BrF. The van der Waals surface area contributed by atoms with Crippen molar-refractivity contribution in [1.29, 1.82) is 0 Å². The summed E-state index contributed by atoms with van der Waals surface area (Å²) >= 11 is 3.39. The summed E-state index contributed by atoms with van der Waals surface area (Å²) in [6.07, 6.45) is 0. The van der Waals surface area contributed by atoms with Gasteiger partial charge < -0.3 is 0 Å². The molecule has 0 aliphatic carbocycles. The number of rotatable bonds is 2. The molecule has 0 aliphatic rings. The summed E-state index contributed by atoms with van der Waals surface area (Å²) in [7, 11) is 0. The molecule has 0 fully saturated rings. The Morgan fingerprint density at radius 1 is 0.933 bits per heavy atom. The zero-order valence-electron chi connectivity index (χ0n) is 8.08. The topological polar surface area (TPSA) is 0 Å². The fourth-order valence-corrected chi connectivity index (χ4v) is 1.74. The van der Waals surface area contributed by atoms with Crippen LogP contribution in [0.2, 0.25) is 0 Å². The van der Waals surface area contributed by atoms with Crippen LogP contribution in [0.3, 0.4) is 0 Å². The van der Waals surface area contributed by atoms with E-state index in [2.05, 4.69) is 15.9 Å². The van der Waals surface area contributed by atoms with Crippen molar-refractivity contribution in [2.45, 2.75) is 6.67 Å². The van der Waals surface area contributed by atoms with Crippen molar-refractivity contribution in [1.82, 2.24) is 0 Å². The molecule has 2 aromatic rings. The first-order valence-electron chi connectivity index (χ1n) is 4.70. The lowest BCUT2D eigenvalue weighted by atomic mass is 10.0. The molecule has 0 unspecified atom stereocenters. The maximum atomic E-state index is 12.5. The summed E-state index contributed by atoms with van der Waals surface area (Å²) in [6.45, 7) is -0.412. The highest BCUT2D eigenvalue weighted by molar-refractivity contribution is 9.10. The highest BCUT2D eigenvalue weighted by Gasteiger charge is 1.98. The lowest BCUT2D eigenvalue weighted by Crippen LogP contribution is -1.81. The van der Waals surface area contributed by atoms with Gasteiger partial charge in [-0.15, -0.1) is 0 Å². The van der Waals surface area contributed by atoms with E-state index in [1.54, 1.807) is 6.07 Å². The lowest BCUT2D eigenvalue weighted by molar-refractivity contribution is 0.485. The van der Waals surface area contributed by atoms with Crippen molar-refractivity contribution in [3.63, 3.8) is 0 Å². The Labute approximate surface area is 96.9 Å². The van der Waals surface area contributed by atoms with E-state index in [-0.39, 0.29) is 0 Å². The summed E-state index contributed by atoms with van der Waals surface area (Å²) in [5.74, 6) is 0. The highest BCUT2D eigenvalue weighted by atomic mass is 79.9. The van der Waals surface area contributed by atoms with Gasteiger partial charge in [0.15, 0.2) is 0 Å². The Kier molecular flexibility index (Phi) is 3.17. The summed E-state index contributed by atoms with van der Waals surface area (Å²) in [6, 6.07) is 15.5. The van der Waals surface area contributed by atoms with Crippen LogP contribution < -0.4 is 0 Å². The van der Waals surface area contributed by atoms with Gasteiger partial charge in [-0.25, -0.2) is 4.39 Å². The first kappa shape index (κ1) is 10.4. The van der Waals surface area contributed by atoms with Crippen molar-refractivity contribution in [2.24, 2.45) is 0 Å². The van der Waals surface area contributed by atoms with Gasteiger partial charge in [0.2, 0.25) is 0 Å². The second-order valence-corrected chi connectivity index (χ2v) is 4.26. The molecule has 0 spiro atoms. The van der Waals surface area contributed by atoms with Crippen LogP contribution in [0.4, 0.5) is 4.39 Å². The van der Waals surface area contributed by atoms with Gasteiger partial charge in [-0.3, -0.25) is 0 Å². The molecule has 2 heteroatoms. The van der Waals surface area contributed by atoms with E-state index in [0.29, 0.717) is 0 Å². The first-order chi connectivity index (χ1) is 7.29. The number of hydrogen-bond acceptors (Lipinski definition) is 0. The van der Waals surface area contributed by atoms with E-state index in [1.165, 1.54) is 0 Å². The minimum atomic E-state index is -0.412. The number of benzene rings is 2. The van der Waals surface area contributed by atoms with E-state index in [1.807, 2.05) is 42.5 Å². The van der Waals surface area contributed by atoms with Gasteiger partial charge in [0.1, 0.15) is 6.67 Å². The van der Waals surface area contributed by atoms with E-state index >= 15 is 0 Å². The van der Waals surface area contributed by atoms with Crippen molar-refractivity contribution in [3.8, 4) is 11.1 Å². The molecule has 0 N–H and O–H groups in total. The Morgan fingerprint density at radius 2 is 1.67 bits per heavy atom. The molecule has 15 heavy (non-hydrogen) atoms. The predicted octanol–water partition coefficient (Wildman–Crippen LogP) is 4.59. The van der Waals surface area contributed by atoms with Crippen molar-refractivity contribution in [2.75, 3.05) is 0 Å². The molecule has 0 heterocycles. The smallest absolute Gasteiger partial charge is 0.115 e. The van der Waals surface area contributed by atoms with Crippen LogP contribution in [0.15, 0.2) is 53.0 Å². The van der Waals surface area contributed by atoms with Crippen LogP contribution >= 0.6 is 15.9 Å². The second-order valence-electron chi connectivity index (χ2n) is 3.34. The van der Waals surface area contributed by atoms with Crippen LogP contribution in [0, 0.1) is 0 Å². The van der Waals surface area contributed by atoms with Crippen LogP contribution in [0.25, 0.3) is 11.1 Å². The SMILES string of the molecule is FCc1cccc(-c2ccc(Br)cc2)c1. The van der Waals surface area contributed by atoms with Crippen LogP contribution in [0.1, 0.15) is 5.56 Å². The molecule has 0 atom stereocenters. The maximum Gasteiger partial charge on any atom is 0.115 e. The fourth-order valence-electron chi connectivity index (χ4n) is 1.48. The van der Waals surface area contributed by atoms with Crippen LogP contribution in [-0.4, -0.2) is 0 Å². The van der Waals surface area contributed by atoms with Crippen LogP contribution in [-0.2, 0) is 6.67 Å². The third kappa shape index (κ3) is 2.45. The molecule has 0 saturated carbocycles. The molecule has 76 valence electrons. The Balaban J connectivity index is 2.40. The molecule has 2 rings (SSSR count). The number of halogens is 2. The third-order valence-electron chi connectivity index (χ3n) is 2.26. The van der Waals surface area contributed by atoms with Crippen molar-refractivity contribution < 1.29 is 4.39 Å². The van der Waals surface area contributed by atoms with E-state index in [4.69, 9.17) is 0 Å². The average Bonchev–Trinajstić information content (AvgIpc) is 2.30. The molecule has 0 amide bonds. The first-order valence-corrected chi connectivity index (χ1v) is 5.50. The standard InChI is InChI=1S/C13H10BrF/c14-13-6-4-11(5-7-13)12-3-1-2-10(8-12)9-15/h1-8H,9H2. The number of alkyl halides is 1. The maximum absolute atomic E-state index is 12.5. The minimum Gasteiger partial charge on any atom is -0.246 e. The van der Waals surface area contributed by atoms with Gasteiger partial charge in [-0.1, -0.05) is 46.3 Å². The van der Waals surface area contributed by atoms with Gasteiger partial charge >= 0.3 is 0 Å². The van der Waals surface area contributed by atoms with Gasteiger partial charge in [0.05, 0.1) is 0 Å². The Hall–Kier alpha value is -1.15. The Morgan fingerprint density at radius 3 is 2.33 bits per heavy atom. The largest absolute Gasteiger partial charge is 0.246 e. The molecular weight excluding hydrogens is 255 g/mol.